The molecule has 1 aromatic carbocycles. The summed E-state index contributed by atoms with van der Waals surface area (Å²) >= 11 is 1.23. The maximum Gasteiger partial charge on any atom is 0.417 e. The molecule has 0 fully saturated rings. The molecule has 0 saturated heterocycles. The molecule has 0 atom stereocenters. The number of hydrogen-bond donors (Lipinski definition) is 2. The highest BCUT2D eigenvalue weighted by Crippen LogP contribution is 2.36. The second kappa shape index (κ2) is 5.72. The summed E-state index contributed by atoms with van der Waals surface area (Å²) in [6, 6.07) is 5.18. The van der Waals surface area contributed by atoms with Gasteiger partial charge in [0.2, 0.25) is 0 Å². The summed E-state index contributed by atoms with van der Waals surface area (Å²) in [5.74, 6) is 0.0685. The molecule has 2 rings (SSSR count). The number of nitrogens with zero attached hydrogens (tertiary/aromatic N) is 1. The molecule has 1 aromatic heterocycles. The van der Waals surface area contributed by atoms with Gasteiger partial charge in [0.25, 0.3) is 0 Å². The summed E-state index contributed by atoms with van der Waals surface area (Å²) in [6.45, 7) is 1.75. The van der Waals surface area contributed by atoms with Crippen molar-refractivity contribution in [1.29, 1.82) is 0 Å². The smallest absolute Gasteiger partial charge is 0.417 e. The van der Waals surface area contributed by atoms with E-state index in [9.17, 15) is 13.2 Å². The van der Waals surface area contributed by atoms with Crippen molar-refractivity contribution in [2.75, 3.05) is 0 Å². The van der Waals surface area contributed by atoms with Crippen LogP contribution in [0.3, 0.4) is 0 Å². The number of amidine groups is 1. The minimum atomic E-state index is -4.58. The summed E-state index contributed by atoms with van der Waals surface area (Å²) in [4.78, 5) is 1.30. The van der Waals surface area contributed by atoms with Gasteiger partial charge in [-0.3, -0.25) is 0 Å². The number of halogens is 3. The standard InChI is InChI=1S/C13H11F3N2O2S/c1-7-11(4-5-20-7)21-8-2-3-10(13(14,15)16)9(6-8)12(17)18-19/h2-6,19H,1H3,(H2,17,18). The maximum absolute atomic E-state index is 12.9. The van der Waals surface area contributed by atoms with Crippen LogP contribution in [0, 0.1) is 6.92 Å². The highest BCUT2D eigenvalue weighted by atomic mass is 32.2. The van der Waals surface area contributed by atoms with Crippen LogP contribution in [0.5, 0.6) is 0 Å². The van der Waals surface area contributed by atoms with Gasteiger partial charge in [-0.1, -0.05) is 16.9 Å². The first-order valence-corrected chi connectivity index (χ1v) is 6.55. The van der Waals surface area contributed by atoms with Crippen molar-refractivity contribution in [2.24, 2.45) is 10.9 Å². The highest BCUT2D eigenvalue weighted by Gasteiger charge is 2.34. The molecule has 8 heteroatoms. The number of aryl methyl sites for hydroxylation is 1. The number of alkyl halides is 3. The van der Waals surface area contributed by atoms with Crippen molar-refractivity contribution < 1.29 is 22.8 Å². The predicted molar refractivity (Wildman–Crippen MR) is 71.5 cm³/mol. The van der Waals surface area contributed by atoms with Crippen LogP contribution in [-0.4, -0.2) is 11.0 Å². The van der Waals surface area contributed by atoms with Crippen molar-refractivity contribution in [2.45, 2.75) is 22.9 Å². The van der Waals surface area contributed by atoms with E-state index in [1.165, 1.54) is 30.2 Å². The van der Waals surface area contributed by atoms with E-state index in [-0.39, 0.29) is 5.56 Å². The predicted octanol–water partition coefficient (Wildman–Crippen LogP) is 3.85. The van der Waals surface area contributed by atoms with Crippen LogP contribution in [-0.2, 0) is 6.18 Å². The van der Waals surface area contributed by atoms with E-state index in [1.54, 1.807) is 13.0 Å². The van der Waals surface area contributed by atoms with Gasteiger partial charge in [-0.15, -0.1) is 0 Å². The lowest BCUT2D eigenvalue weighted by Crippen LogP contribution is -2.20. The molecule has 0 saturated carbocycles. The lowest BCUT2D eigenvalue weighted by atomic mass is 10.1. The molecule has 0 radical (unpaired) electrons. The lowest BCUT2D eigenvalue weighted by molar-refractivity contribution is -0.137. The minimum absolute atomic E-state index is 0.365. The number of benzene rings is 1. The molecule has 21 heavy (non-hydrogen) atoms. The lowest BCUT2D eigenvalue weighted by Gasteiger charge is -2.13. The average Bonchev–Trinajstić information content (AvgIpc) is 2.82. The molecule has 0 amide bonds. The van der Waals surface area contributed by atoms with E-state index >= 15 is 0 Å². The molecular formula is C13H11F3N2O2S. The van der Waals surface area contributed by atoms with Crippen LogP contribution in [0.15, 0.2) is 49.9 Å². The Balaban J connectivity index is 2.45. The Morgan fingerprint density at radius 1 is 1.33 bits per heavy atom. The fraction of sp³-hybridized carbons (Fsp3) is 0.154. The SMILES string of the molecule is Cc1occc1Sc1ccc(C(F)(F)F)c(/C(N)=N/O)c1. The summed E-state index contributed by atoms with van der Waals surface area (Å²) in [5, 5.41) is 11.3. The fourth-order valence-electron chi connectivity index (χ4n) is 1.71. The molecule has 112 valence electrons. The monoisotopic (exact) mass is 316 g/mol. The van der Waals surface area contributed by atoms with Crippen molar-refractivity contribution in [3.63, 3.8) is 0 Å². The Kier molecular flexibility index (Phi) is 4.17. The topological polar surface area (TPSA) is 71.8 Å². The van der Waals surface area contributed by atoms with Crippen LogP contribution in [0.25, 0.3) is 0 Å². The summed E-state index contributed by atoms with van der Waals surface area (Å²) in [6.07, 6.45) is -3.09. The van der Waals surface area contributed by atoms with Crippen molar-refractivity contribution in [3.05, 3.63) is 47.4 Å². The van der Waals surface area contributed by atoms with Crippen LogP contribution >= 0.6 is 11.8 Å². The van der Waals surface area contributed by atoms with E-state index in [0.29, 0.717) is 10.7 Å². The van der Waals surface area contributed by atoms with Gasteiger partial charge in [0.15, 0.2) is 5.84 Å². The largest absolute Gasteiger partial charge is 0.468 e. The van der Waals surface area contributed by atoms with E-state index in [0.717, 1.165) is 11.0 Å². The van der Waals surface area contributed by atoms with Crippen molar-refractivity contribution >= 4 is 17.6 Å². The van der Waals surface area contributed by atoms with E-state index in [4.69, 9.17) is 15.4 Å². The fourth-order valence-corrected chi connectivity index (χ4v) is 2.59. The summed E-state index contributed by atoms with van der Waals surface area (Å²) in [7, 11) is 0. The van der Waals surface area contributed by atoms with E-state index in [2.05, 4.69) is 5.16 Å². The normalized spacial score (nSPS) is 12.7. The van der Waals surface area contributed by atoms with Gasteiger partial charge in [0.05, 0.1) is 16.7 Å². The first-order chi connectivity index (χ1) is 9.82. The van der Waals surface area contributed by atoms with E-state index in [1.807, 2.05) is 0 Å². The summed E-state index contributed by atoms with van der Waals surface area (Å²) < 4.78 is 43.8. The van der Waals surface area contributed by atoms with Gasteiger partial charge < -0.3 is 15.4 Å². The van der Waals surface area contributed by atoms with Gasteiger partial charge >= 0.3 is 6.18 Å². The number of rotatable bonds is 3. The second-order valence-electron chi connectivity index (χ2n) is 4.13. The molecule has 0 unspecified atom stereocenters. The quantitative estimate of drug-likeness (QED) is 0.390. The van der Waals surface area contributed by atoms with Gasteiger partial charge in [0.1, 0.15) is 5.76 Å². The zero-order valence-corrected chi connectivity index (χ0v) is 11.6. The molecular weight excluding hydrogens is 305 g/mol. The van der Waals surface area contributed by atoms with Crippen molar-refractivity contribution in [3.8, 4) is 0 Å². The van der Waals surface area contributed by atoms with Gasteiger partial charge in [-0.05, 0) is 31.2 Å². The second-order valence-corrected chi connectivity index (χ2v) is 5.25. The number of hydrogen-bond acceptors (Lipinski definition) is 4. The number of furan rings is 1. The van der Waals surface area contributed by atoms with Crippen LogP contribution in [0.4, 0.5) is 13.2 Å². The molecule has 2 aromatic rings. The van der Waals surface area contributed by atoms with Gasteiger partial charge in [0, 0.05) is 10.5 Å². The molecule has 0 aliphatic heterocycles. The third-order valence-corrected chi connectivity index (χ3v) is 3.85. The van der Waals surface area contributed by atoms with Crippen LogP contribution in [0.2, 0.25) is 0 Å². The average molecular weight is 316 g/mol. The zero-order valence-electron chi connectivity index (χ0n) is 10.8. The molecule has 0 spiro atoms. The van der Waals surface area contributed by atoms with Crippen molar-refractivity contribution in [1.82, 2.24) is 0 Å². The molecule has 1 heterocycles. The minimum Gasteiger partial charge on any atom is -0.468 e. The van der Waals surface area contributed by atoms with Crippen LogP contribution < -0.4 is 5.73 Å². The number of nitrogens with two attached hydrogens (primary N) is 1. The molecule has 0 bridgehead atoms. The third kappa shape index (κ3) is 3.33. The van der Waals surface area contributed by atoms with Gasteiger partial charge in [-0.2, -0.15) is 13.2 Å². The Labute approximate surface area is 122 Å². The molecule has 0 aliphatic rings. The highest BCUT2D eigenvalue weighted by molar-refractivity contribution is 7.99. The van der Waals surface area contributed by atoms with Crippen LogP contribution in [0.1, 0.15) is 16.9 Å². The first kappa shape index (κ1) is 15.3. The van der Waals surface area contributed by atoms with E-state index < -0.39 is 17.6 Å². The third-order valence-electron chi connectivity index (χ3n) is 2.72. The maximum atomic E-state index is 12.9. The Morgan fingerprint density at radius 3 is 2.57 bits per heavy atom. The number of oxime groups is 1. The zero-order chi connectivity index (χ0) is 15.6. The van der Waals surface area contributed by atoms with Gasteiger partial charge in [-0.25, -0.2) is 0 Å². The Bertz CT molecular complexity index is 680. The molecule has 4 nitrogen and oxygen atoms in total. The Morgan fingerprint density at radius 2 is 2.05 bits per heavy atom. The summed E-state index contributed by atoms with van der Waals surface area (Å²) in [5.41, 5.74) is 4.02. The Hall–Kier alpha value is -2.09. The molecule has 3 N–H and O–H groups in total. The first-order valence-electron chi connectivity index (χ1n) is 5.74. The molecule has 0 aliphatic carbocycles.